The summed E-state index contributed by atoms with van der Waals surface area (Å²) >= 11 is 0. The Morgan fingerprint density at radius 3 is 2.82 bits per heavy atom. The van der Waals surface area contributed by atoms with Crippen molar-refractivity contribution in [3.8, 4) is 0 Å². The van der Waals surface area contributed by atoms with Gasteiger partial charge in [-0.05, 0) is 25.7 Å². The van der Waals surface area contributed by atoms with Crippen LogP contribution in [0, 0.1) is 11.8 Å². The van der Waals surface area contributed by atoms with Crippen molar-refractivity contribution < 1.29 is 9.63 Å². The molecule has 1 aliphatic rings. The molecule has 0 saturated heterocycles. The normalized spacial score (nSPS) is 19.5. The van der Waals surface area contributed by atoms with Crippen molar-refractivity contribution in [2.75, 3.05) is 6.61 Å². The van der Waals surface area contributed by atoms with Gasteiger partial charge >= 0.3 is 0 Å². The highest BCUT2D eigenvalue weighted by Crippen LogP contribution is 2.36. The van der Waals surface area contributed by atoms with Crippen LogP contribution < -0.4 is 5.48 Å². The molecule has 3 heteroatoms. The Morgan fingerprint density at radius 2 is 2.36 bits per heavy atom. The number of hydrogen-bond donors (Lipinski definition) is 1. The summed E-state index contributed by atoms with van der Waals surface area (Å²) in [4.78, 5) is 15.9. The number of rotatable bonds is 4. The van der Waals surface area contributed by atoms with E-state index in [-0.39, 0.29) is 11.8 Å². The molecular weight excluding hydrogens is 142 g/mol. The Morgan fingerprint density at radius 1 is 1.73 bits per heavy atom. The first-order valence-corrected chi connectivity index (χ1v) is 4.17. The van der Waals surface area contributed by atoms with E-state index < -0.39 is 0 Å². The molecule has 0 aromatic heterocycles. The first-order chi connectivity index (χ1) is 5.25. The molecule has 11 heavy (non-hydrogen) atoms. The quantitative estimate of drug-likeness (QED) is 0.620. The van der Waals surface area contributed by atoms with Crippen LogP contribution in [-0.2, 0) is 9.63 Å². The minimum absolute atomic E-state index is 0.0225. The molecule has 0 aliphatic heterocycles. The van der Waals surface area contributed by atoms with Crippen LogP contribution in [0.3, 0.4) is 0 Å². The van der Waals surface area contributed by atoms with Gasteiger partial charge in [0.05, 0.1) is 6.61 Å². The molecule has 1 saturated carbocycles. The van der Waals surface area contributed by atoms with Crippen LogP contribution >= 0.6 is 0 Å². The maximum Gasteiger partial charge on any atom is 0.246 e. The fourth-order valence-corrected chi connectivity index (χ4v) is 1.05. The molecular formula is C8H15NO2. The third-order valence-electron chi connectivity index (χ3n) is 2.06. The molecule has 1 unspecified atom stereocenters. The summed E-state index contributed by atoms with van der Waals surface area (Å²) in [5, 5.41) is 0. The Balaban J connectivity index is 2.16. The topological polar surface area (TPSA) is 38.3 Å². The van der Waals surface area contributed by atoms with Crippen LogP contribution in [0.15, 0.2) is 0 Å². The number of amides is 1. The number of nitrogens with one attached hydrogen (secondary N) is 1. The highest BCUT2D eigenvalue weighted by Gasteiger charge is 2.32. The highest BCUT2D eigenvalue weighted by molar-refractivity contribution is 5.77. The number of carbonyl (C=O) groups excluding carboxylic acids is 1. The van der Waals surface area contributed by atoms with E-state index in [9.17, 15) is 4.79 Å². The predicted octanol–water partition coefficient (Wildman–Crippen LogP) is 1.10. The van der Waals surface area contributed by atoms with E-state index in [4.69, 9.17) is 4.84 Å². The summed E-state index contributed by atoms with van der Waals surface area (Å²) in [6.07, 6.45) is 2.39. The van der Waals surface area contributed by atoms with Crippen molar-refractivity contribution in [1.29, 1.82) is 0 Å². The van der Waals surface area contributed by atoms with Gasteiger partial charge < -0.3 is 0 Å². The molecule has 1 N–H and O–H groups in total. The second-order valence-electron chi connectivity index (χ2n) is 3.03. The predicted molar refractivity (Wildman–Crippen MR) is 41.7 cm³/mol. The molecule has 0 aromatic carbocycles. The lowest BCUT2D eigenvalue weighted by Crippen LogP contribution is -2.30. The first kappa shape index (κ1) is 8.53. The first-order valence-electron chi connectivity index (χ1n) is 4.17. The monoisotopic (exact) mass is 157 g/mol. The lowest BCUT2D eigenvalue weighted by Gasteiger charge is -2.09. The minimum Gasteiger partial charge on any atom is -0.274 e. The number of hydrogen-bond acceptors (Lipinski definition) is 2. The Bertz CT molecular complexity index is 143. The second-order valence-corrected chi connectivity index (χ2v) is 3.03. The zero-order chi connectivity index (χ0) is 8.27. The lowest BCUT2D eigenvalue weighted by molar-refractivity contribution is -0.137. The molecule has 3 nitrogen and oxygen atoms in total. The Kier molecular flexibility index (Phi) is 2.88. The molecule has 0 heterocycles. The largest absolute Gasteiger partial charge is 0.274 e. The third kappa shape index (κ3) is 2.50. The van der Waals surface area contributed by atoms with Crippen molar-refractivity contribution >= 4 is 5.91 Å². The summed E-state index contributed by atoms with van der Waals surface area (Å²) in [5.41, 5.74) is 2.41. The molecule has 1 rings (SSSR count). The maximum absolute atomic E-state index is 11.1. The zero-order valence-electron chi connectivity index (χ0n) is 7.09. The van der Waals surface area contributed by atoms with Gasteiger partial charge in [-0.1, -0.05) is 6.92 Å². The molecule has 1 atom stereocenters. The second kappa shape index (κ2) is 3.72. The van der Waals surface area contributed by atoms with Crippen LogP contribution in [-0.4, -0.2) is 12.5 Å². The standard InChI is InChI=1S/C8H15NO2/c1-3-11-9-8(10)6(2)7-4-5-7/h6-7H,3-5H2,1-2H3,(H,9,10). The molecule has 0 radical (unpaired) electrons. The lowest BCUT2D eigenvalue weighted by atomic mass is 10.1. The van der Waals surface area contributed by atoms with Crippen LogP contribution in [0.1, 0.15) is 26.7 Å². The van der Waals surface area contributed by atoms with Crippen LogP contribution in [0.2, 0.25) is 0 Å². The van der Waals surface area contributed by atoms with Gasteiger partial charge in [0.2, 0.25) is 5.91 Å². The zero-order valence-corrected chi connectivity index (χ0v) is 7.09. The maximum atomic E-state index is 11.1. The van der Waals surface area contributed by atoms with Crippen LogP contribution in [0.4, 0.5) is 0 Å². The van der Waals surface area contributed by atoms with Gasteiger partial charge in [-0.25, -0.2) is 5.48 Å². The number of hydroxylamine groups is 1. The van der Waals surface area contributed by atoms with Crippen molar-refractivity contribution in [2.24, 2.45) is 11.8 Å². The molecule has 1 aliphatic carbocycles. The fourth-order valence-electron chi connectivity index (χ4n) is 1.05. The summed E-state index contributed by atoms with van der Waals surface area (Å²) in [6.45, 7) is 4.33. The molecule has 0 aromatic rings. The minimum atomic E-state index is 0.0225. The van der Waals surface area contributed by atoms with E-state index in [1.165, 1.54) is 12.8 Å². The van der Waals surface area contributed by atoms with Gasteiger partial charge in [0.1, 0.15) is 0 Å². The Labute approximate surface area is 67.1 Å². The van der Waals surface area contributed by atoms with Crippen LogP contribution in [0.5, 0.6) is 0 Å². The van der Waals surface area contributed by atoms with E-state index in [1.807, 2.05) is 13.8 Å². The van der Waals surface area contributed by atoms with Crippen molar-refractivity contribution in [2.45, 2.75) is 26.7 Å². The van der Waals surface area contributed by atoms with E-state index in [0.29, 0.717) is 12.5 Å². The molecule has 0 bridgehead atoms. The van der Waals surface area contributed by atoms with Gasteiger partial charge in [0, 0.05) is 5.92 Å². The molecule has 1 fully saturated rings. The van der Waals surface area contributed by atoms with Gasteiger partial charge in [-0.15, -0.1) is 0 Å². The van der Waals surface area contributed by atoms with Gasteiger partial charge in [0.15, 0.2) is 0 Å². The van der Waals surface area contributed by atoms with E-state index in [0.717, 1.165) is 0 Å². The summed E-state index contributed by atoms with van der Waals surface area (Å²) in [5.74, 6) is 0.756. The van der Waals surface area contributed by atoms with E-state index in [1.54, 1.807) is 0 Å². The Hall–Kier alpha value is -0.570. The molecule has 0 spiro atoms. The van der Waals surface area contributed by atoms with E-state index in [2.05, 4.69) is 5.48 Å². The van der Waals surface area contributed by atoms with Gasteiger partial charge in [0.25, 0.3) is 0 Å². The average Bonchev–Trinajstić information content (AvgIpc) is 2.81. The smallest absolute Gasteiger partial charge is 0.246 e. The van der Waals surface area contributed by atoms with Crippen molar-refractivity contribution in [3.63, 3.8) is 0 Å². The van der Waals surface area contributed by atoms with Gasteiger partial charge in [-0.2, -0.15) is 0 Å². The average molecular weight is 157 g/mol. The van der Waals surface area contributed by atoms with Crippen LogP contribution in [0.25, 0.3) is 0 Å². The third-order valence-corrected chi connectivity index (χ3v) is 2.06. The highest BCUT2D eigenvalue weighted by atomic mass is 16.6. The summed E-state index contributed by atoms with van der Waals surface area (Å²) < 4.78 is 0. The molecule has 64 valence electrons. The van der Waals surface area contributed by atoms with Crippen molar-refractivity contribution in [3.05, 3.63) is 0 Å². The number of carbonyl (C=O) groups is 1. The van der Waals surface area contributed by atoms with E-state index >= 15 is 0 Å². The SMILES string of the molecule is CCONC(=O)C(C)C1CC1. The summed E-state index contributed by atoms with van der Waals surface area (Å²) in [7, 11) is 0. The van der Waals surface area contributed by atoms with Gasteiger partial charge in [-0.3, -0.25) is 9.63 Å². The molecule has 1 amide bonds. The van der Waals surface area contributed by atoms with Crippen molar-refractivity contribution in [1.82, 2.24) is 5.48 Å². The fraction of sp³-hybridized carbons (Fsp3) is 0.875. The summed E-state index contributed by atoms with van der Waals surface area (Å²) in [6, 6.07) is 0.